The van der Waals surface area contributed by atoms with Crippen molar-refractivity contribution in [2.24, 2.45) is 0 Å². The van der Waals surface area contributed by atoms with Gasteiger partial charge in [-0.25, -0.2) is 0 Å². The molecule has 0 bridgehead atoms. The van der Waals surface area contributed by atoms with Crippen LogP contribution in [0.3, 0.4) is 0 Å². The first-order valence-electron chi connectivity index (χ1n) is 26.4. The van der Waals surface area contributed by atoms with E-state index in [-0.39, 0.29) is 16.2 Å². The van der Waals surface area contributed by atoms with Gasteiger partial charge in [-0.3, -0.25) is 0 Å². The third-order valence-corrected chi connectivity index (χ3v) is 16.6. The molecule has 10 aromatic carbocycles. The second-order valence-corrected chi connectivity index (χ2v) is 23.4. The Labute approximate surface area is 437 Å². The molecule has 0 aliphatic heterocycles. The first kappa shape index (κ1) is 45.6. The number of fused-ring (bicyclic) bond motifs is 9. The second-order valence-electron chi connectivity index (χ2n) is 23.4. The minimum absolute atomic E-state index is 0.0687. The van der Waals surface area contributed by atoms with Crippen molar-refractivity contribution in [1.82, 2.24) is 4.57 Å². The van der Waals surface area contributed by atoms with E-state index in [1.807, 2.05) is 0 Å². The van der Waals surface area contributed by atoms with Crippen molar-refractivity contribution < 1.29 is 0 Å². The van der Waals surface area contributed by atoms with Gasteiger partial charge in [0.05, 0.1) is 16.4 Å². The summed E-state index contributed by atoms with van der Waals surface area (Å²) in [6, 6.07) is 87.1. The zero-order valence-corrected chi connectivity index (χ0v) is 43.8. The SMILES string of the molecule is CC(C)(C)c1ccc(N(c2ccc(C(C)(C)C)cc2)c2ccc3c(c2)C(C)(C)c2cc(-c4ccc5c6ccccc6n(-c6ccc7c(c6)C(c6ccccc6)(c6ccccc6)c6ccccc6-7)c5c4)ccc2-3)cc1. The highest BCUT2D eigenvalue weighted by atomic mass is 15.1. The Bertz CT molecular complexity index is 3870. The molecule has 0 saturated heterocycles. The van der Waals surface area contributed by atoms with Crippen LogP contribution in [0, 0.1) is 0 Å². The van der Waals surface area contributed by atoms with E-state index in [0.717, 1.165) is 22.7 Å². The summed E-state index contributed by atoms with van der Waals surface area (Å²) in [6.07, 6.45) is 0. The Kier molecular flexibility index (Phi) is 10.3. The average molecular weight is 955 g/mol. The molecule has 1 aromatic heterocycles. The summed E-state index contributed by atoms with van der Waals surface area (Å²) in [5.41, 5.74) is 24.6. The smallest absolute Gasteiger partial charge is 0.0714 e. The molecule has 360 valence electrons. The van der Waals surface area contributed by atoms with Gasteiger partial charge in [-0.2, -0.15) is 0 Å². The molecule has 2 aliphatic rings. The molecule has 0 fully saturated rings. The molecule has 0 N–H and O–H groups in total. The van der Waals surface area contributed by atoms with E-state index in [9.17, 15) is 0 Å². The molecular weight excluding hydrogens is 893 g/mol. The van der Waals surface area contributed by atoms with Crippen LogP contribution < -0.4 is 4.90 Å². The van der Waals surface area contributed by atoms with Gasteiger partial charge < -0.3 is 9.47 Å². The van der Waals surface area contributed by atoms with Gasteiger partial charge in [0.2, 0.25) is 0 Å². The van der Waals surface area contributed by atoms with Crippen molar-refractivity contribution >= 4 is 38.9 Å². The van der Waals surface area contributed by atoms with Crippen LogP contribution in [-0.2, 0) is 21.7 Å². The van der Waals surface area contributed by atoms with Gasteiger partial charge in [0, 0.05) is 38.9 Å². The highest BCUT2D eigenvalue weighted by Crippen LogP contribution is 2.57. The Hall–Kier alpha value is -8.20. The second kappa shape index (κ2) is 16.7. The summed E-state index contributed by atoms with van der Waals surface area (Å²) < 4.78 is 2.51. The normalized spacial score (nSPS) is 14.2. The Morgan fingerprint density at radius 1 is 0.351 bits per heavy atom. The van der Waals surface area contributed by atoms with Gasteiger partial charge in [0.15, 0.2) is 0 Å². The highest BCUT2D eigenvalue weighted by Gasteiger charge is 2.46. The standard InChI is InChI=1S/C72H62N2/c1-69(2,3)49-29-33-53(34-30-49)73(54-35-31-50(32-36-54)70(4,5)6)55-37-41-59-58-39-27-47(43-64(58)71(7,8)65(59)45-55)48-28-40-62-61-24-16-18-26-67(61)74(68(62)44-48)56-38-42-60-57-23-15-17-25-63(57)72(66(60)46-56,51-19-11-9-12-20-51)52-21-13-10-14-22-52/h9-46H,1-8H3. The molecule has 11 aromatic rings. The summed E-state index contributed by atoms with van der Waals surface area (Å²) in [5, 5.41) is 2.50. The van der Waals surface area contributed by atoms with Crippen LogP contribution in [0.4, 0.5) is 17.1 Å². The Morgan fingerprint density at radius 3 is 1.46 bits per heavy atom. The van der Waals surface area contributed by atoms with Gasteiger partial charge in [-0.05, 0) is 155 Å². The van der Waals surface area contributed by atoms with Gasteiger partial charge >= 0.3 is 0 Å². The molecule has 0 amide bonds. The van der Waals surface area contributed by atoms with Crippen molar-refractivity contribution in [1.29, 1.82) is 0 Å². The van der Waals surface area contributed by atoms with Gasteiger partial charge in [0.25, 0.3) is 0 Å². The number of aromatic nitrogens is 1. The summed E-state index contributed by atoms with van der Waals surface area (Å²) in [4.78, 5) is 2.43. The molecule has 0 unspecified atom stereocenters. The first-order chi connectivity index (χ1) is 35.7. The van der Waals surface area contributed by atoms with Crippen molar-refractivity contribution in [3.63, 3.8) is 0 Å². The molecule has 74 heavy (non-hydrogen) atoms. The van der Waals surface area contributed by atoms with E-state index in [1.54, 1.807) is 0 Å². The zero-order valence-electron chi connectivity index (χ0n) is 43.8. The van der Waals surface area contributed by atoms with E-state index in [2.05, 4.69) is 295 Å². The molecule has 0 radical (unpaired) electrons. The monoisotopic (exact) mass is 954 g/mol. The van der Waals surface area contributed by atoms with E-state index in [4.69, 9.17) is 0 Å². The van der Waals surface area contributed by atoms with Crippen molar-refractivity contribution in [3.05, 3.63) is 275 Å². The number of rotatable bonds is 7. The Morgan fingerprint density at radius 2 is 0.824 bits per heavy atom. The van der Waals surface area contributed by atoms with E-state index in [1.165, 1.54) is 99.7 Å². The number of para-hydroxylation sites is 1. The predicted molar refractivity (Wildman–Crippen MR) is 313 cm³/mol. The fourth-order valence-electron chi connectivity index (χ4n) is 12.7. The lowest BCUT2D eigenvalue weighted by atomic mass is 9.67. The maximum absolute atomic E-state index is 2.51. The molecule has 0 spiro atoms. The largest absolute Gasteiger partial charge is 0.310 e. The number of hydrogen-bond donors (Lipinski definition) is 0. The van der Waals surface area contributed by atoms with Crippen LogP contribution in [0.25, 0.3) is 60.9 Å². The number of nitrogens with zero attached hydrogens (tertiary/aromatic N) is 2. The average Bonchev–Trinajstić information content (AvgIpc) is 4.01. The van der Waals surface area contributed by atoms with Crippen LogP contribution >= 0.6 is 0 Å². The van der Waals surface area contributed by atoms with E-state index in [0.29, 0.717) is 0 Å². The van der Waals surface area contributed by atoms with Gasteiger partial charge in [-0.1, -0.05) is 219 Å². The van der Waals surface area contributed by atoms with Crippen molar-refractivity contribution in [2.45, 2.75) is 77.0 Å². The number of anilines is 3. The van der Waals surface area contributed by atoms with Crippen LogP contribution in [-0.4, -0.2) is 4.57 Å². The third-order valence-electron chi connectivity index (χ3n) is 16.6. The minimum Gasteiger partial charge on any atom is -0.310 e. The molecule has 2 nitrogen and oxygen atoms in total. The summed E-state index contributed by atoms with van der Waals surface area (Å²) >= 11 is 0. The van der Waals surface area contributed by atoms with Gasteiger partial charge in [0.1, 0.15) is 0 Å². The molecule has 0 saturated carbocycles. The van der Waals surface area contributed by atoms with E-state index < -0.39 is 5.41 Å². The molecule has 0 atom stereocenters. The maximum atomic E-state index is 2.51. The number of hydrogen-bond acceptors (Lipinski definition) is 1. The predicted octanol–water partition coefficient (Wildman–Crippen LogP) is 19.2. The molecule has 13 rings (SSSR count). The topological polar surface area (TPSA) is 8.17 Å². The lowest BCUT2D eigenvalue weighted by molar-refractivity contribution is 0.590. The third kappa shape index (κ3) is 6.98. The maximum Gasteiger partial charge on any atom is 0.0714 e. The zero-order chi connectivity index (χ0) is 50.7. The summed E-state index contributed by atoms with van der Waals surface area (Å²) in [5.74, 6) is 0. The quantitative estimate of drug-likeness (QED) is 0.155. The fourth-order valence-corrected chi connectivity index (χ4v) is 12.7. The molecular formula is C72H62N2. The fraction of sp³-hybridized carbons (Fsp3) is 0.167. The molecule has 2 heteroatoms. The van der Waals surface area contributed by atoms with Gasteiger partial charge in [-0.15, -0.1) is 0 Å². The van der Waals surface area contributed by atoms with Crippen LogP contribution in [0.15, 0.2) is 231 Å². The van der Waals surface area contributed by atoms with Crippen molar-refractivity contribution in [2.75, 3.05) is 4.90 Å². The highest BCUT2D eigenvalue weighted by molar-refractivity contribution is 6.10. The van der Waals surface area contributed by atoms with Crippen LogP contribution in [0.5, 0.6) is 0 Å². The van der Waals surface area contributed by atoms with Crippen LogP contribution in [0.1, 0.15) is 99.9 Å². The summed E-state index contributed by atoms with van der Waals surface area (Å²) in [6.45, 7) is 18.5. The lowest BCUT2D eigenvalue weighted by Crippen LogP contribution is -2.28. The molecule has 2 aliphatic carbocycles. The summed E-state index contributed by atoms with van der Waals surface area (Å²) in [7, 11) is 0. The minimum atomic E-state index is -0.488. The Balaban J connectivity index is 0.922. The number of benzene rings is 10. The molecule has 1 heterocycles. The van der Waals surface area contributed by atoms with E-state index >= 15 is 0 Å². The lowest BCUT2D eigenvalue weighted by Gasteiger charge is -2.34. The van der Waals surface area contributed by atoms with Crippen LogP contribution in [0.2, 0.25) is 0 Å². The first-order valence-corrected chi connectivity index (χ1v) is 26.4. The van der Waals surface area contributed by atoms with Crippen molar-refractivity contribution in [3.8, 4) is 39.1 Å².